The van der Waals surface area contributed by atoms with Gasteiger partial charge in [-0.25, -0.2) is 0 Å². The Labute approximate surface area is 161 Å². The molecule has 3 aromatic rings. The lowest BCUT2D eigenvalue weighted by atomic mass is 9.85. The minimum atomic E-state index is -0.595. The van der Waals surface area contributed by atoms with Gasteiger partial charge in [0.1, 0.15) is 5.75 Å². The van der Waals surface area contributed by atoms with E-state index in [-0.39, 0.29) is 28.9 Å². The molecular weight excluding hydrogens is 356 g/mol. The zero-order valence-electron chi connectivity index (χ0n) is 14.9. The molecule has 3 aromatic carbocycles. The minimum absolute atomic E-state index is 0.164. The van der Waals surface area contributed by atoms with Gasteiger partial charge >= 0.3 is 0 Å². The highest BCUT2D eigenvalue weighted by Crippen LogP contribution is 2.59. The fraction of sp³-hybridized carbons (Fsp3) is 0.136. The quantitative estimate of drug-likeness (QED) is 0.397. The first-order chi connectivity index (χ1) is 13.5. The van der Waals surface area contributed by atoms with Crippen LogP contribution in [0.15, 0.2) is 78.9 Å². The summed E-state index contributed by atoms with van der Waals surface area (Å²) in [6, 6.07) is 23.4. The Morgan fingerprint density at radius 1 is 1.00 bits per heavy atom. The number of non-ortho nitro benzene ring substituents is 1. The molecule has 0 bridgehead atoms. The molecule has 0 heterocycles. The fourth-order valence-corrected chi connectivity index (χ4v) is 3.81. The van der Waals surface area contributed by atoms with Gasteiger partial charge in [-0.2, -0.15) is 0 Å². The highest BCUT2D eigenvalue weighted by molar-refractivity contribution is 5.98. The Kier molecular flexibility index (Phi) is 4.31. The summed E-state index contributed by atoms with van der Waals surface area (Å²) in [6.45, 7) is 0. The van der Waals surface area contributed by atoms with Crippen molar-refractivity contribution in [2.75, 3.05) is 5.32 Å². The van der Waals surface area contributed by atoms with Crippen LogP contribution in [0.3, 0.4) is 0 Å². The van der Waals surface area contributed by atoms with Gasteiger partial charge in [0.15, 0.2) is 0 Å². The number of phenolic OH excluding ortho intramolecular Hbond substituents is 1. The molecule has 1 aliphatic rings. The summed E-state index contributed by atoms with van der Waals surface area (Å²) in [4.78, 5) is 23.2. The average Bonchev–Trinajstić information content (AvgIpc) is 3.48. The van der Waals surface area contributed by atoms with Crippen molar-refractivity contribution in [2.24, 2.45) is 5.92 Å². The van der Waals surface area contributed by atoms with E-state index < -0.39 is 10.3 Å². The first kappa shape index (κ1) is 17.7. The van der Waals surface area contributed by atoms with E-state index in [0.717, 1.165) is 17.2 Å². The van der Waals surface area contributed by atoms with Gasteiger partial charge in [0.05, 0.1) is 22.6 Å². The predicted octanol–water partition coefficient (Wildman–Crippen LogP) is 4.25. The van der Waals surface area contributed by atoms with Gasteiger partial charge in [0, 0.05) is 11.5 Å². The molecule has 1 fully saturated rings. The first-order valence-electron chi connectivity index (χ1n) is 8.92. The predicted molar refractivity (Wildman–Crippen MR) is 105 cm³/mol. The molecule has 6 heteroatoms. The van der Waals surface area contributed by atoms with E-state index in [1.807, 2.05) is 60.7 Å². The lowest BCUT2D eigenvalue weighted by Gasteiger charge is -2.19. The second-order valence-electron chi connectivity index (χ2n) is 6.91. The summed E-state index contributed by atoms with van der Waals surface area (Å²) < 4.78 is 0. The normalized spacial score (nSPS) is 16.9. The molecule has 140 valence electrons. The van der Waals surface area contributed by atoms with Crippen LogP contribution in [0.4, 0.5) is 11.4 Å². The number of phenols is 1. The van der Waals surface area contributed by atoms with Crippen molar-refractivity contribution in [1.82, 2.24) is 0 Å². The SMILES string of the molecule is O=C(Nc1ccc([N+](=O)[O-])cc1O)[C@H]1CC1(c1ccccc1)c1ccccc1. The van der Waals surface area contributed by atoms with Crippen molar-refractivity contribution in [3.63, 3.8) is 0 Å². The molecule has 1 atom stereocenters. The molecule has 0 aromatic heterocycles. The Hall–Kier alpha value is -3.67. The number of carbonyl (C=O) groups is 1. The number of rotatable bonds is 5. The van der Waals surface area contributed by atoms with Gasteiger partial charge in [-0.15, -0.1) is 0 Å². The molecule has 28 heavy (non-hydrogen) atoms. The number of nitrogens with one attached hydrogen (secondary N) is 1. The van der Waals surface area contributed by atoms with Crippen molar-refractivity contribution < 1.29 is 14.8 Å². The van der Waals surface area contributed by atoms with Crippen LogP contribution in [0, 0.1) is 16.0 Å². The van der Waals surface area contributed by atoms with E-state index in [1.54, 1.807) is 0 Å². The van der Waals surface area contributed by atoms with E-state index in [2.05, 4.69) is 5.32 Å². The number of nitrogens with zero attached hydrogens (tertiary/aromatic N) is 1. The minimum Gasteiger partial charge on any atom is -0.506 e. The van der Waals surface area contributed by atoms with Crippen LogP contribution in [-0.4, -0.2) is 15.9 Å². The number of hydrogen-bond donors (Lipinski definition) is 2. The Morgan fingerprint density at radius 2 is 1.57 bits per heavy atom. The van der Waals surface area contributed by atoms with Crippen LogP contribution in [0.5, 0.6) is 5.75 Å². The van der Waals surface area contributed by atoms with Crippen LogP contribution in [0.25, 0.3) is 0 Å². The number of hydrogen-bond acceptors (Lipinski definition) is 4. The maximum absolute atomic E-state index is 13.0. The third-order valence-corrected chi connectivity index (χ3v) is 5.31. The van der Waals surface area contributed by atoms with Crippen LogP contribution in [-0.2, 0) is 10.2 Å². The van der Waals surface area contributed by atoms with Crippen molar-refractivity contribution in [2.45, 2.75) is 11.8 Å². The molecule has 6 nitrogen and oxygen atoms in total. The lowest BCUT2D eigenvalue weighted by molar-refractivity contribution is -0.384. The van der Waals surface area contributed by atoms with E-state index in [9.17, 15) is 20.0 Å². The van der Waals surface area contributed by atoms with Crippen LogP contribution in [0.2, 0.25) is 0 Å². The molecule has 0 saturated heterocycles. The fourth-order valence-electron chi connectivity index (χ4n) is 3.81. The van der Waals surface area contributed by atoms with Crippen LogP contribution >= 0.6 is 0 Å². The van der Waals surface area contributed by atoms with Crippen LogP contribution in [0.1, 0.15) is 17.5 Å². The topological polar surface area (TPSA) is 92.5 Å². The number of aromatic hydroxyl groups is 1. The number of nitro groups is 1. The molecule has 0 radical (unpaired) electrons. The lowest BCUT2D eigenvalue weighted by Crippen LogP contribution is -2.22. The number of benzene rings is 3. The number of carbonyl (C=O) groups excluding carboxylic acids is 1. The summed E-state index contributed by atoms with van der Waals surface area (Å²) in [5.74, 6) is -0.850. The van der Waals surface area contributed by atoms with Gasteiger partial charge in [0.25, 0.3) is 5.69 Å². The highest BCUT2D eigenvalue weighted by atomic mass is 16.6. The largest absolute Gasteiger partial charge is 0.506 e. The Bertz CT molecular complexity index is 995. The highest BCUT2D eigenvalue weighted by Gasteiger charge is 2.60. The smallest absolute Gasteiger partial charge is 0.273 e. The third-order valence-electron chi connectivity index (χ3n) is 5.31. The van der Waals surface area contributed by atoms with Gasteiger partial charge in [-0.1, -0.05) is 60.7 Å². The Morgan fingerprint density at radius 3 is 2.07 bits per heavy atom. The van der Waals surface area contributed by atoms with E-state index in [0.29, 0.717) is 6.42 Å². The van der Waals surface area contributed by atoms with E-state index >= 15 is 0 Å². The zero-order chi connectivity index (χ0) is 19.7. The van der Waals surface area contributed by atoms with Gasteiger partial charge in [-0.3, -0.25) is 14.9 Å². The van der Waals surface area contributed by atoms with E-state index in [4.69, 9.17) is 0 Å². The third kappa shape index (κ3) is 2.99. The zero-order valence-corrected chi connectivity index (χ0v) is 14.9. The molecule has 2 N–H and O–H groups in total. The molecule has 4 rings (SSSR count). The monoisotopic (exact) mass is 374 g/mol. The summed E-state index contributed by atoms with van der Waals surface area (Å²) in [5, 5.41) is 23.6. The van der Waals surface area contributed by atoms with Gasteiger partial charge in [0.2, 0.25) is 5.91 Å². The maximum atomic E-state index is 13.0. The first-order valence-corrected chi connectivity index (χ1v) is 8.92. The van der Waals surface area contributed by atoms with Crippen molar-refractivity contribution in [3.8, 4) is 5.75 Å². The molecule has 1 saturated carbocycles. The standard InChI is InChI=1S/C22H18N2O4/c25-20-13-17(24(27)28)11-12-19(20)23-21(26)18-14-22(18,15-7-3-1-4-8-15)16-9-5-2-6-10-16/h1-13,18,25H,14H2,(H,23,26)/t18-/m1/s1. The van der Waals surface area contributed by atoms with Gasteiger partial charge in [-0.05, 0) is 23.6 Å². The maximum Gasteiger partial charge on any atom is 0.273 e. The molecule has 0 aliphatic heterocycles. The molecule has 1 amide bonds. The summed E-state index contributed by atoms with van der Waals surface area (Å²) >= 11 is 0. The summed E-state index contributed by atoms with van der Waals surface area (Å²) in [7, 11) is 0. The van der Waals surface area contributed by atoms with Crippen molar-refractivity contribution >= 4 is 17.3 Å². The second kappa shape index (κ2) is 6.81. The van der Waals surface area contributed by atoms with Crippen molar-refractivity contribution in [3.05, 3.63) is 100 Å². The molecule has 0 spiro atoms. The molecule has 0 unspecified atom stereocenters. The molecule has 1 aliphatic carbocycles. The number of anilines is 1. The summed E-state index contributed by atoms with van der Waals surface area (Å²) in [5.41, 5.74) is 1.65. The summed E-state index contributed by atoms with van der Waals surface area (Å²) in [6.07, 6.45) is 0.653. The Balaban J connectivity index is 1.63. The van der Waals surface area contributed by atoms with Gasteiger partial charge < -0.3 is 10.4 Å². The number of amides is 1. The van der Waals surface area contributed by atoms with Crippen molar-refractivity contribution in [1.29, 1.82) is 0 Å². The molecular formula is C22H18N2O4. The average molecular weight is 374 g/mol. The van der Waals surface area contributed by atoms with Crippen LogP contribution < -0.4 is 5.32 Å². The second-order valence-corrected chi connectivity index (χ2v) is 6.91. The van der Waals surface area contributed by atoms with E-state index in [1.165, 1.54) is 12.1 Å². The number of nitro benzene ring substituents is 1.